The Balaban J connectivity index is 1.86. The summed E-state index contributed by atoms with van der Waals surface area (Å²) < 4.78 is 65.8. The van der Waals surface area contributed by atoms with E-state index in [1.54, 1.807) is 0 Å². The molecule has 2 aromatic rings. The molecule has 1 unspecified atom stereocenters. The molecule has 0 aromatic heterocycles. The first-order valence-electron chi connectivity index (χ1n) is 10.9. The molecule has 2 aliphatic rings. The molecular weight excluding hydrogens is 544 g/mol. The SMILES string of the molecule is O=C(O)[C@H]1O[C@@H](OC2N=C(c3ccccc3F)c3cc(Cl)ccc3N(CC(F)(F)F)C2=O)[C@H](O)[C@@H](O)[C@@H]1O. The van der Waals surface area contributed by atoms with Gasteiger partial charge in [-0.1, -0.05) is 23.7 Å². The van der Waals surface area contributed by atoms with Crippen LogP contribution in [-0.2, 0) is 19.1 Å². The number of carbonyl (C=O) groups is 2. The summed E-state index contributed by atoms with van der Waals surface area (Å²) >= 11 is 6.06. The van der Waals surface area contributed by atoms with Crippen molar-refractivity contribution in [2.45, 2.75) is 43.1 Å². The number of aliphatic hydroxyl groups excluding tert-OH is 3. The Kier molecular flexibility index (Phi) is 7.74. The number of nitrogens with zero attached hydrogens (tertiary/aromatic N) is 2. The average molecular weight is 563 g/mol. The molecule has 4 rings (SSSR count). The summed E-state index contributed by atoms with van der Waals surface area (Å²) in [6, 6.07) is 8.52. The van der Waals surface area contributed by atoms with Gasteiger partial charge in [0.2, 0.25) is 6.23 Å². The molecular formula is C23H19ClF4N2O8. The number of fused-ring (bicyclic) bond motifs is 1. The van der Waals surface area contributed by atoms with E-state index >= 15 is 0 Å². The van der Waals surface area contributed by atoms with Crippen molar-refractivity contribution in [1.82, 2.24) is 0 Å². The quantitative estimate of drug-likeness (QED) is 0.400. The molecule has 204 valence electrons. The Morgan fingerprint density at radius 3 is 2.39 bits per heavy atom. The van der Waals surface area contributed by atoms with Gasteiger partial charge in [-0.25, -0.2) is 14.2 Å². The summed E-state index contributed by atoms with van der Waals surface area (Å²) in [6.07, 6.45) is -17.8. The zero-order valence-electron chi connectivity index (χ0n) is 18.9. The topological polar surface area (TPSA) is 149 Å². The van der Waals surface area contributed by atoms with Crippen molar-refractivity contribution in [2.24, 2.45) is 4.99 Å². The van der Waals surface area contributed by atoms with Gasteiger partial charge in [-0.05, 0) is 30.3 Å². The van der Waals surface area contributed by atoms with Crippen LogP contribution in [-0.4, -0.2) is 87.7 Å². The fraction of sp³-hybridized carbons (Fsp3) is 0.348. The van der Waals surface area contributed by atoms with Crippen molar-refractivity contribution in [3.8, 4) is 0 Å². The summed E-state index contributed by atoms with van der Waals surface area (Å²) in [4.78, 5) is 29.1. The van der Waals surface area contributed by atoms with E-state index in [9.17, 15) is 47.6 Å². The van der Waals surface area contributed by atoms with E-state index in [0.717, 1.165) is 12.1 Å². The lowest BCUT2D eigenvalue weighted by Gasteiger charge is -2.39. The number of amides is 1. The number of rotatable bonds is 5. The van der Waals surface area contributed by atoms with Gasteiger partial charge in [0.1, 0.15) is 30.7 Å². The molecule has 0 spiro atoms. The lowest BCUT2D eigenvalue weighted by molar-refractivity contribution is -0.300. The van der Waals surface area contributed by atoms with Crippen molar-refractivity contribution in [3.63, 3.8) is 0 Å². The van der Waals surface area contributed by atoms with Gasteiger partial charge >= 0.3 is 12.1 Å². The molecule has 4 N–H and O–H groups in total. The zero-order valence-corrected chi connectivity index (χ0v) is 19.7. The Hall–Kier alpha value is -3.14. The summed E-state index contributed by atoms with van der Waals surface area (Å²) in [5, 5.41) is 39.5. The van der Waals surface area contributed by atoms with Crippen LogP contribution in [0.25, 0.3) is 0 Å². The maximum atomic E-state index is 14.8. The number of aliphatic carboxylic acids is 1. The van der Waals surface area contributed by atoms with Crippen molar-refractivity contribution in [2.75, 3.05) is 11.4 Å². The van der Waals surface area contributed by atoms with Gasteiger partial charge in [0.15, 0.2) is 12.4 Å². The smallest absolute Gasteiger partial charge is 0.406 e. The minimum atomic E-state index is -4.92. The third-order valence-electron chi connectivity index (χ3n) is 5.77. The molecule has 2 aromatic carbocycles. The number of halogens is 5. The number of carboxylic acid groups (broad SMARTS) is 1. The molecule has 0 saturated carbocycles. The number of aliphatic hydroxyl groups is 3. The van der Waals surface area contributed by atoms with Crippen LogP contribution in [0.5, 0.6) is 0 Å². The summed E-state index contributed by atoms with van der Waals surface area (Å²) in [5.41, 5.74) is -1.08. The molecule has 0 aliphatic carbocycles. The Morgan fingerprint density at radius 1 is 1.08 bits per heavy atom. The van der Waals surface area contributed by atoms with Gasteiger partial charge < -0.3 is 29.9 Å². The molecule has 0 radical (unpaired) electrons. The minimum absolute atomic E-state index is 0.0269. The van der Waals surface area contributed by atoms with Crippen molar-refractivity contribution < 1.29 is 57.1 Å². The van der Waals surface area contributed by atoms with Gasteiger partial charge in [-0.2, -0.15) is 13.2 Å². The maximum Gasteiger partial charge on any atom is 0.406 e. The lowest BCUT2D eigenvalue weighted by Crippen LogP contribution is -2.61. The van der Waals surface area contributed by atoms with Crippen molar-refractivity contribution in [1.29, 1.82) is 0 Å². The number of ether oxygens (including phenoxy) is 2. The molecule has 1 saturated heterocycles. The van der Waals surface area contributed by atoms with Gasteiger partial charge in [-0.3, -0.25) is 9.69 Å². The Labute approximate surface area is 216 Å². The third kappa shape index (κ3) is 5.50. The molecule has 2 heterocycles. The van der Waals surface area contributed by atoms with E-state index in [2.05, 4.69) is 4.99 Å². The van der Waals surface area contributed by atoms with Crippen molar-refractivity contribution in [3.05, 3.63) is 64.4 Å². The van der Waals surface area contributed by atoms with E-state index in [1.807, 2.05) is 0 Å². The second-order valence-corrected chi connectivity index (χ2v) is 8.82. The summed E-state index contributed by atoms with van der Waals surface area (Å²) in [6.45, 7) is -1.83. The first-order chi connectivity index (χ1) is 17.8. The number of hydrogen-bond donors (Lipinski definition) is 4. The number of benzodiazepines with no additional fused rings is 1. The monoisotopic (exact) mass is 562 g/mol. The van der Waals surface area contributed by atoms with E-state index in [4.69, 9.17) is 21.1 Å². The molecule has 38 heavy (non-hydrogen) atoms. The maximum absolute atomic E-state index is 14.8. The van der Waals surface area contributed by atoms with Crippen LogP contribution in [0.4, 0.5) is 23.2 Å². The number of alkyl halides is 3. The van der Waals surface area contributed by atoms with Gasteiger partial charge in [-0.15, -0.1) is 0 Å². The first kappa shape index (κ1) is 27.9. The second-order valence-electron chi connectivity index (χ2n) is 8.38. The van der Waals surface area contributed by atoms with Crippen LogP contribution in [0.1, 0.15) is 11.1 Å². The van der Waals surface area contributed by atoms with E-state index in [0.29, 0.717) is 0 Å². The van der Waals surface area contributed by atoms with E-state index in [-0.39, 0.29) is 32.4 Å². The first-order valence-corrected chi connectivity index (χ1v) is 11.2. The number of aliphatic imine (C=N–C) groups is 1. The standard InChI is InChI=1S/C23H19ClF4N2O8/c24-9-5-6-13-11(7-9)14(10-3-1-2-4-12(10)25)29-19(20(34)30(13)8-23(26,27)28)38-22-17(33)15(31)16(32)18(37-22)21(35)36/h1-7,15-19,22,31-33H,8H2,(H,35,36)/t15-,16-,17+,18-,19?,22-/m0/s1. The lowest BCUT2D eigenvalue weighted by atomic mass is 9.99. The van der Waals surface area contributed by atoms with Crippen LogP contribution >= 0.6 is 11.6 Å². The Morgan fingerprint density at radius 2 is 1.76 bits per heavy atom. The second kappa shape index (κ2) is 10.6. The molecule has 0 bridgehead atoms. The predicted octanol–water partition coefficient (Wildman–Crippen LogP) is 1.46. The highest BCUT2D eigenvalue weighted by Gasteiger charge is 2.50. The largest absolute Gasteiger partial charge is 0.479 e. The number of anilines is 1. The highest BCUT2D eigenvalue weighted by atomic mass is 35.5. The van der Waals surface area contributed by atoms with Crippen LogP contribution < -0.4 is 4.90 Å². The fourth-order valence-corrected chi connectivity index (χ4v) is 4.19. The number of carbonyl (C=O) groups excluding carboxylic acids is 1. The van der Waals surface area contributed by atoms with Crippen LogP contribution in [0.15, 0.2) is 47.5 Å². The minimum Gasteiger partial charge on any atom is -0.479 e. The Bertz CT molecular complexity index is 1280. The molecule has 6 atom stereocenters. The van der Waals surface area contributed by atoms with Gasteiger partial charge in [0, 0.05) is 16.1 Å². The molecule has 10 nitrogen and oxygen atoms in total. The van der Waals surface area contributed by atoms with Crippen molar-refractivity contribution >= 4 is 34.9 Å². The van der Waals surface area contributed by atoms with Crippen LogP contribution in [0.2, 0.25) is 5.02 Å². The van der Waals surface area contributed by atoms with Crippen LogP contribution in [0, 0.1) is 5.82 Å². The average Bonchev–Trinajstić information content (AvgIpc) is 2.94. The normalized spacial score (nSPS) is 27.9. The fourth-order valence-electron chi connectivity index (χ4n) is 4.02. The van der Waals surface area contributed by atoms with Gasteiger partial charge in [0.25, 0.3) is 5.91 Å². The molecule has 2 aliphatic heterocycles. The highest BCUT2D eigenvalue weighted by molar-refractivity contribution is 6.32. The number of benzene rings is 2. The van der Waals surface area contributed by atoms with E-state index in [1.165, 1.54) is 30.3 Å². The highest BCUT2D eigenvalue weighted by Crippen LogP contribution is 2.35. The molecule has 1 amide bonds. The molecule has 1 fully saturated rings. The van der Waals surface area contributed by atoms with Crippen LogP contribution in [0.3, 0.4) is 0 Å². The molecule has 15 heteroatoms. The summed E-state index contributed by atoms with van der Waals surface area (Å²) in [7, 11) is 0. The van der Waals surface area contributed by atoms with E-state index < -0.39 is 67.3 Å². The van der Waals surface area contributed by atoms with Gasteiger partial charge in [0.05, 0.1) is 11.4 Å². The zero-order chi connectivity index (χ0) is 27.9. The predicted molar refractivity (Wildman–Crippen MR) is 121 cm³/mol. The number of carboxylic acids is 1. The third-order valence-corrected chi connectivity index (χ3v) is 6.01. The summed E-state index contributed by atoms with van der Waals surface area (Å²) in [5.74, 6) is -4.05. The number of hydrogen-bond acceptors (Lipinski definition) is 8.